The maximum atomic E-state index is 8.74. The van der Waals surface area contributed by atoms with E-state index < -0.39 is 20.8 Å². The van der Waals surface area contributed by atoms with Gasteiger partial charge in [0.05, 0.1) is 0 Å². The Morgan fingerprint density at radius 1 is 0.917 bits per heavy atom. The van der Waals surface area contributed by atoms with Crippen molar-refractivity contribution >= 4 is 20.8 Å². The maximum absolute atomic E-state index is 8.74. The Kier molecular flexibility index (Phi) is 22.4. The molecule has 0 unspecified atom stereocenters. The summed E-state index contributed by atoms with van der Waals surface area (Å²) in [7, 11) is -9.83. The first-order valence-electron chi connectivity index (χ1n) is 1.37. The van der Waals surface area contributed by atoms with Crippen LogP contribution in [0.2, 0.25) is 0 Å². The van der Waals surface area contributed by atoms with Crippen molar-refractivity contribution in [1.29, 1.82) is 0 Å². The van der Waals surface area contributed by atoms with E-state index in [0.29, 0.717) is 0 Å². The Morgan fingerprint density at radius 2 is 0.917 bits per heavy atom. The molecule has 0 aliphatic carbocycles. The Bertz CT molecular complexity index is 213. The van der Waals surface area contributed by atoms with Crippen molar-refractivity contribution in [3.05, 3.63) is 0 Å². The van der Waals surface area contributed by atoms with E-state index in [1.54, 1.807) is 0 Å². The molecule has 0 aliphatic heterocycles. The molecular formula is H2CsKO8S2. The van der Waals surface area contributed by atoms with Gasteiger partial charge in [-0.1, -0.05) is 0 Å². The smallest absolute Gasteiger partial charge is 0.759 e. The van der Waals surface area contributed by atoms with Crippen molar-refractivity contribution in [1.82, 2.24) is 0 Å². The van der Waals surface area contributed by atoms with Gasteiger partial charge in [0.2, 0.25) is 0 Å². The molecule has 0 aromatic rings. The van der Waals surface area contributed by atoms with Gasteiger partial charge in [-0.2, -0.15) is 8.42 Å². The van der Waals surface area contributed by atoms with Crippen molar-refractivity contribution in [3.63, 3.8) is 0 Å². The molecule has 0 saturated carbocycles. The van der Waals surface area contributed by atoms with E-state index in [1.807, 2.05) is 0 Å². The zero-order valence-electron chi connectivity index (χ0n) is 6.16. The molecule has 0 aromatic heterocycles. The second kappa shape index (κ2) is 10.9. The fraction of sp³-hybridized carbons (Fsp3) is 0. The Hall–Kier alpha value is 3.43. The number of hydrogen-bond acceptors (Lipinski definition) is 6. The summed E-state index contributed by atoms with van der Waals surface area (Å²) in [5.41, 5.74) is 0. The number of rotatable bonds is 0. The van der Waals surface area contributed by atoms with Crippen LogP contribution in [0.15, 0.2) is 0 Å². The van der Waals surface area contributed by atoms with Crippen LogP contribution in [0.5, 0.6) is 0 Å². The van der Waals surface area contributed by atoms with Gasteiger partial charge in [0, 0.05) is 10.4 Å². The zero-order chi connectivity index (χ0) is 9.00. The van der Waals surface area contributed by atoms with E-state index in [4.69, 9.17) is 35.0 Å². The first kappa shape index (κ1) is 24.6. The van der Waals surface area contributed by atoms with Gasteiger partial charge in [-0.25, -0.2) is 0 Å². The summed E-state index contributed by atoms with van der Waals surface area (Å²) in [6.45, 7) is 0. The van der Waals surface area contributed by atoms with Crippen molar-refractivity contribution in [2.75, 3.05) is 0 Å². The average molecular weight is 366 g/mol. The molecule has 0 fully saturated rings. The largest absolute Gasteiger partial charge is 1.00 e. The van der Waals surface area contributed by atoms with E-state index in [0.717, 1.165) is 0 Å². The molecule has 64 valence electrons. The van der Waals surface area contributed by atoms with Crippen LogP contribution >= 0.6 is 0 Å². The molecule has 0 aromatic carbocycles. The van der Waals surface area contributed by atoms with Gasteiger partial charge in [0.1, 0.15) is 0 Å². The van der Waals surface area contributed by atoms with Crippen LogP contribution in [-0.2, 0) is 20.8 Å². The Labute approximate surface area is 171 Å². The summed E-state index contributed by atoms with van der Waals surface area (Å²) in [5.74, 6) is 0. The maximum Gasteiger partial charge on any atom is 1.00 e. The minimum Gasteiger partial charge on any atom is -0.759 e. The molecule has 12 heavy (non-hydrogen) atoms. The van der Waals surface area contributed by atoms with Crippen molar-refractivity contribution < 1.29 is 155 Å². The fourth-order valence-electron chi connectivity index (χ4n) is 0. The summed E-state index contributed by atoms with van der Waals surface area (Å²) in [6.07, 6.45) is 0. The Balaban J connectivity index is -0.0000000457. The van der Waals surface area contributed by atoms with Gasteiger partial charge in [-0.05, 0) is 0 Å². The topological polar surface area (TPSA) is 155 Å². The molecule has 8 nitrogen and oxygen atoms in total. The van der Waals surface area contributed by atoms with E-state index in [-0.39, 0.29) is 120 Å². The normalized spacial score (nSPS) is 9.67. The van der Waals surface area contributed by atoms with Crippen LogP contribution in [-0.4, -0.2) is 35.0 Å². The Morgan fingerprint density at radius 3 is 0.917 bits per heavy atom. The third-order valence-electron chi connectivity index (χ3n) is 0. The summed E-state index contributed by atoms with van der Waals surface area (Å²) in [4.78, 5) is 0. The molecule has 0 saturated heterocycles. The average Bonchev–Trinajstić information content (AvgIpc) is 1.12. The minimum atomic E-state index is -5.17. The summed E-state index contributed by atoms with van der Waals surface area (Å²) in [5, 5.41) is 0. The fourth-order valence-corrected chi connectivity index (χ4v) is 0. The van der Waals surface area contributed by atoms with Crippen LogP contribution < -0.4 is 120 Å². The molecule has 0 radical (unpaired) electrons. The zero-order valence-corrected chi connectivity index (χ0v) is 17.2. The monoisotopic (exact) mass is 366 g/mol. The van der Waals surface area contributed by atoms with Crippen LogP contribution in [0, 0.1) is 0 Å². The third-order valence-corrected chi connectivity index (χ3v) is 0. The van der Waals surface area contributed by atoms with Gasteiger partial charge in [-0.15, -0.1) is 0 Å². The summed E-state index contributed by atoms with van der Waals surface area (Å²) >= 11 is 0. The molecule has 2 N–H and O–H groups in total. The molecule has 0 rings (SSSR count). The van der Waals surface area contributed by atoms with Gasteiger partial charge in [-0.3, -0.25) is 17.5 Å². The predicted octanol–water partition coefficient (Wildman–Crippen LogP) is -7.98. The van der Waals surface area contributed by atoms with Crippen molar-refractivity contribution in [3.8, 4) is 0 Å². The predicted molar refractivity (Wildman–Crippen MR) is 24.7 cm³/mol. The van der Waals surface area contributed by atoms with Gasteiger partial charge < -0.3 is 9.11 Å². The van der Waals surface area contributed by atoms with Crippen LogP contribution in [0.25, 0.3) is 0 Å². The molecule has 0 heterocycles. The SMILES string of the molecule is O=S(=O)(O)O.O=S(=O)([O-])[O-].[Cs+].[K+]. The minimum absolute atomic E-state index is 0. The molecule has 0 amide bonds. The molecule has 0 spiro atoms. The van der Waals surface area contributed by atoms with Crippen LogP contribution in [0.1, 0.15) is 0 Å². The second-order valence-corrected chi connectivity index (χ2v) is 2.57. The summed E-state index contributed by atoms with van der Waals surface area (Å²) < 4.78 is 65.7. The molecule has 0 bridgehead atoms. The molecule has 0 aliphatic rings. The molecule has 0 atom stereocenters. The van der Waals surface area contributed by atoms with E-state index in [2.05, 4.69) is 0 Å². The molecular weight excluding hydrogens is 364 g/mol. The third kappa shape index (κ3) is 176. The van der Waals surface area contributed by atoms with E-state index in [9.17, 15) is 0 Å². The van der Waals surface area contributed by atoms with Crippen molar-refractivity contribution in [2.24, 2.45) is 0 Å². The van der Waals surface area contributed by atoms with Crippen LogP contribution in [0.4, 0.5) is 0 Å². The van der Waals surface area contributed by atoms with Gasteiger partial charge >= 0.3 is 131 Å². The first-order chi connectivity index (χ1) is 4.00. The molecule has 12 heteroatoms. The van der Waals surface area contributed by atoms with Crippen LogP contribution in [0.3, 0.4) is 0 Å². The number of hydrogen-bond donors (Lipinski definition) is 2. The first-order valence-corrected chi connectivity index (χ1v) is 4.10. The standard InChI is InChI=1S/Cs.K.2H2O4S/c;;2*1-5(2,3)4/h;;2*(H2,1,2,3,4)/q2*+1;;/p-2. The van der Waals surface area contributed by atoms with E-state index in [1.165, 1.54) is 0 Å². The second-order valence-electron chi connectivity index (χ2n) is 0.856. The van der Waals surface area contributed by atoms with Gasteiger partial charge in [0.15, 0.2) is 0 Å². The summed E-state index contributed by atoms with van der Waals surface area (Å²) in [6, 6.07) is 0. The quantitative estimate of drug-likeness (QED) is 0.243. The van der Waals surface area contributed by atoms with E-state index >= 15 is 0 Å². The van der Waals surface area contributed by atoms with Crippen molar-refractivity contribution in [2.45, 2.75) is 0 Å². The van der Waals surface area contributed by atoms with Gasteiger partial charge in [0.25, 0.3) is 0 Å².